The number of aryl methyl sites for hydroxylation is 2. The molecule has 2 amide bonds. The fourth-order valence-corrected chi connectivity index (χ4v) is 7.04. The highest BCUT2D eigenvalue weighted by atomic mass is 32.2. The van der Waals surface area contributed by atoms with Crippen LogP contribution in [0.25, 0.3) is 5.69 Å². The smallest absolute Gasteiger partial charge is 0.253 e. The Morgan fingerprint density at radius 3 is 2.55 bits per heavy atom. The molecule has 2 aromatic heterocycles. The van der Waals surface area contributed by atoms with Crippen LogP contribution in [0.3, 0.4) is 0 Å². The normalized spacial score (nSPS) is 14.2. The van der Waals surface area contributed by atoms with Gasteiger partial charge in [0.05, 0.1) is 48.8 Å². The van der Waals surface area contributed by atoms with Crippen molar-refractivity contribution in [2.24, 2.45) is 5.10 Å². The largest absolute Gasteiger partial charge is 0.493 e. The molecule has 5 aromatic rings. The van der Waals surface area contributed by atoms with Crippen LogP contribution >= 0.6 is 23.1 Å². The first-order chi connectivity index (χ1) is 22.9. The first-order valence-corrected chi connectivity index (χ1v) is 16.9. The molecule has 240 valence electrons. The molecule has 1 N–H and O–H groups in total. The zero-order chi connectivity index (χ0) is 32.9. The van der Waals surface area contributed by atoms with Crippen molar-refractivity contribution in [1.82, 2.24) is 25.1 Å². The number of amides is 2. The Balaban J connectivity index is 1.29. The summed E-state index contributed by atoms with van der Waals surface area (Å²) in [6.45, 7) is 4.18. The van der Waals surface area contributed by atoms with Crippen molar-refractivity contribution in [3.8, 4) is 17.2 Å². The number of thioether (sulfide) groups is 1. The average molecular weight is 667 g/mol. The third kappa shape index (κ3) is 6.79. The van der Waals surface area contributed by atoms with E-state index in [0.29, 0.717) is 34.5 Å². The molecule has 1 aliphatic rings. The number of hydrazone groups is 1. The molecule has 0 fully saturated rings. The molecule has 3 heterocycles. The van der Waals surface area contributed by atoms with E-state index in [1.165, 1.54) is 11.8 Å². The Labute approximate surface area is 281 Å². The van der Waals surface area contributed by atoms with Crippen LogP contribution in [0.15, 0.2) is 94.5 Å². The van der Waals surface area contributed by atoms with Gasteiger partial charge in [-0.2, -0.15) is 5.10 Å². The van der Waals surface area contributed by atoms with E-state index >= 15 is 0 Å². The van der Waals surface area contributed by atoms with Gasteiger partial charge in [-0.1, -0.05) is 60.3 Å². The Morgan fingerprint density at radius 1 is 0.979 bits per heavy atom. The molecule has 12 heteroatoms. The molecule has 0 saturated heterocycles. The van der Waals surface area contributed by atoms with Crippen LogP contribution in [0.1, 0.15) is 50.2 Å². The second-order valence-corrected chi connectivity index (χ2v) is 12.8. The molecule has 0 aliphatic carbocycles. The SMILES string of the molecule is COc1cccc([C@@H]2CC(c3cccs3)=NN2C(=O)CSc2nnc(CNC(=O)c3ccccc3)n2-c2cc(C)ccc2C)c1OC. The maximum absolute atomic E-state index is 14.0. The molecule has 1 atom stereocenters. The van der Waals surface area contributed by atoms with Crippen molar-refractivity contribution in [2.75, 3.05) is 20.0 Å². The summed E-state index contributed by atoms with van der Waals surface area (Å²) in [4.78, 5) is 27.9. The molecule has 0 radical (unpaired) electrons. The average Bonchev–Trinajstić information content (AvgIpc) is 3.87. The number of nitrogens with zero attached hydrogens (tertiary/aromatic N) is 5. The predicted octanol–water partition coefficient (Wildman–Crippen LogP) is 6.36. The third-order valence-corrected chi connectivity index (χ3v) is 9.67. The number of hydrogen-bond donors (Lipinski definition) is 1. The van der Waals surface area contributed by atoms with E-state index in [2.05, 4.69) is 21.6 Å². The number of nitrogens with one attached hydrogen (secondary N) is 1. The Morgan fingerprint density at radius 2 is 1.81 bits per heavy atom. The van der Waals surface area contributed by atoms with Crippen molar-refractivity contribution in [3.63, 3.8) is 0 Å². The lowest BCUT2D eigenvalue weighted by molar-refractivity contribution is -0.130. The quantitative estimate of drug-likeness (QED) is 0.163. The van der Waals surface area contributed by atoms with Crippen molar-refractivity contribution in [1.29, 1.82) is 0 Å². The van der Waals surface area contributed by atoms with E-state index in [0.717, 1.165) is 33.0 Å². The zero-order valence-corrected chi connectivity index (χ0v) is 28.1. The number of ether oxygens (including phenoxy) is 2. The molecular weight excluding hydrogens is 633 g/mol. The van der Waals surface area contributed by atoms with E-state index in [-0.39, 0.29) is 30.2 Å². The van der Waals surface area contributed by atoms with Crippen molar-refractivity contribution in [3.05, 3.63) is 117 Å². The number of aromatic nitrogens is 3. The maximum atomic E-state index is 14.0. The minimum atomic E-state index is -0.383. The number of rotatable bonds is 11. The monoisotopic (exact) mass is 666 g/mol. The molecule has 0 bridgehead atoms. The molecular formula is C35H34N6O4S2. The van der Waals surface area contributed by atoms with Crippen molar-refractivity contribution >= 4 is 40.6 Å². The summed E-state index contributed by atoms with van der Waals surface area (Å²) in [6.07, 6.45) is 0.532. The van der Waals surface area contributed by atoms with Crippen molar-refractivity contribution < 1.29 is 19.1 Å². The van der Waals surface area contributed by atoms with Gasteiger partial charge < -0.3 is 14.8 Å². The van der Waals surface area contributed by atoms with E-state index in [1.54, 1.807) is 42.7 Å². The van der Waals surface area contributed by atoms with Crippen molar-refractivity contribution in [2.45, 2.75) is 38.0 Å². The maximum Gasteiger partial charge on any atom is 0.253 e. The summed E-state index contributed by atoms with van der Waals surface area (Å²) in [6, 6.07) is 24.4. The van der Waals surface area contributed by atoms with Gasteiger partial charge >= 0.3 is 0 Å². The van der Waals surface area contributed by atoms with Crippen LogP contribution in [-0.2, 0) is 11.3 Å². The standard InChI is InChI=1S/C35H34N6O4S2/c1-22-15-16-23(2)27(18-22)40-31(20-36-34(43)24-10-6-5-7-11-24)37-38-35(40)47-21-32(42)41-28(19-26(39-41)30-14-9-17-46-30)25-12-8-13-29(44-3)33(25)45-4/h5-18,28H,19-21H2,1-4H3,(H,36,43)/t28-/m0/s1. The van der Waals surface area contributed by atoms with Crippen LogP contribution in [0.4, 0.5) is 0 Å². The molecule has 0 saturated carbocycles. The first-order valence-electron chi connectivity index (χ1n) is 15.0. The predicted molar refractivity (Wildman–Crippen MR) is 184 cm³/mol. The lowest BCUT2D eigenvalue weighted by atomic mass is 9.99. The van der Waals surface area contributed by atoms with Gasteiger partial charge in [0.2, 0.25) is 0 Å². The lowest BCUT2D eigenvalue weighted by Gasteiger charge is -2.24. The fourth-order valence-electron chi connectivity index (χ4n) is 5.50. The molecule has 0 unspecified atom stereocenters. The number of para-hydroxylation sites is 1. The van der Waals surface area contributed by atoms with E-state index in [4.69, 9.17) is 14.6 Å². The van der Waals surface area contributed by atoms with Crippen LogP contribution < -0.4 is 14.8 Å². The van der Waals surface area contributed by atoms with Gasteiger partial charge in [0.15, 0.2) is 22.5 Å². The van der Waals surface area contributed by atoms with Crippen LogP contribution in [0, 0.1) is 13.8 Å². The van der Waals surface area contributed by atoms with Gasteiger partial charge in [0.1, 0.15) is 0 Å². The molecule has 0 spiro atoms. The minimum Gasteiger partial charge on any atom is -0.493 e. The first kappa shape index (κ1) is 32.0. The number of thiophene rings is 1. The van der Waals surface area contributed by atoms with Gasteiger partial charge in [-0.3, -0.25) is 14.2 Å². The number of carbonyl (C=O) groups excluding carboxylic acids is 2. The highest BCUT2D eigenvalue weighted by Gasteiger charge is 2.36. The molecule has 10 nitrogen and oxygen atoms in total. The Kier molecular flexibility index (Phi) is 9.69. The second kappa shape index (κ2) is 14.2. The summed E-state index contributed by atoms with van der Waals surface area (Å²) in [7, 11) is 3.19. The fraction of sp³-hybridized carbons (Fsp3) is 0.229. The lowest BCUT2D eigenvalue weighted by Crippen LogP contribution is -2.29. The molecule has 47 heavy (non-hydrogen) atoms. The number of benzene rings is 3. The van der Waals surface area contributed by atoms with E-state index in [1.807, 2.05) is 84.5 Å². The molecule has 3 aromatic carbocycles. The summed E-state index contributed by atoms with van der Waals surface area (Å²) in [5, 5.41) is 20.8. The molecule has 6 rings (SSSR count). The van der Waals surface area contributed by atoms with Crippen LogP contribution in [0.2, 0.25) is 0 Å². The summed E-state index contributed by atoms with van der Waals surface area (Å²) in [5.41, 5.74) is 5.16. The Bertz CT molecular complexity index is 1920. The topological polar surface area (TPSA) is 111 Å². The van der Waals surface area contributed by atoms with E-state index < -0.39 is 0 Å². The van der Waals surface area contributed by atoms with Gasteiger partial charge in [-0.25, -0.2) is 5.01 Å². The van der Waals surface area contributed by atoms with Gasteiger partial charge in [0, 0.05) is 17.5 Å². The van der Waals surface area contributed by atoms with Gasteiger partial charge in [0.25, 0.3) is 11.8 Å². The molecule has 1 aliphatic heterocycles. The second-order valence-electron chi connectivity index (χ2n) is 10.9. The number of methoxy groups -OCH3 is 2. The highest BCUT2D eigenvalue weighted by molar-refractivity contribution is 7.99. The highest BCUT2D eigenvalue weighted by Crippen LogP contribution is 2.42. The summed E-state index contributed by atoms with van der Waals surface area (Å²) < 4.78 is 13.2. The third-order valence-electron chi connectivity index (χ3n) is 7.84. The number of carbonyl (C=O) groups is 2. The number of hydrogen-bond acceptors (Lipinski definition) is 9. The zero-order valence-electron chi connectivity index (χ0n) is 26.5. The summed E-state index contributed by atoms with van der Waals surface area (Å²) >= 11 is 2.87. The Hall–Kier alpha value is -4.94. The van der Waals surface area contributed by atoms with Gasteiger partial charge in [-0.15, -0.1) is 21.5 Å². The van der Waals surface area contributed by atoms with E-state index in [9.17, 15) is 9.59 Å². The minimum absolute atomic E-state index is 0.0589. The van der Waals surface area contributed by atoms with Gasteiger partial charge in [-0.05, 0) is 60.7 Å². The van der Waals surface area contributed by atoms with Crippen LogP contribution in [0.5, 0.6) is 11.5 Å². The summed E-state index contributed by atoms with van der Waals surface area (Å²) in [5.74, 6) is 1.37. The van der Waals surface area contributed by atoms with Crippen LogP contribution in [-0.4, -0.2) is 57.3 Å².